The Hall–Kier alpha value is -3.30. The van der Waals surface area contributed by atoms with Gasteiger partial charge in [-0.2, -0.15) is 5.10 Å². The van der Waals surface area contributed by atoms with Crippen LogP contribution in [0.2, 0.25) is 0 Å². The fourth-order valence-corrected chi connectivity index (χ4v) is 5.11. The van der Waals surface area contributed by atoms with E-state index in [1.54, 1.807) is 25.0 Å². The molecule has 2 aliphatic rings. The van der Waals surface area contributed by atoms with Gasteiger partial charge in [-0.25, -0.2) is 13.2 Å². The molecule has 168 valence electrons. The van der Waals surface area contributed by atoms with Crippen molar-refractivity contribution in [1.82, 2.24) is 24.5 Å². The molecular weight excluding hydrogens is 423 g/mol. The molecule has 32 heavy (non-hydrogen) atoms. The molecule has 0 N–H and O–H groups in total. The highest BCUT2D eigenvalue weighted by atomic mass is 19.2. The van der Waals surface area contributed by atoms with E-state index in [1.165, 1.54) is 11.8 Å². The maximum atomic E-state index is 13.9. The second-order valence-corrected chi connectivity index (χ2v) is 8.33. The van der Waals surface area contributed by atoms with E-state index in [-0.39, 0.29) is 29.4 Å². The van der Waals surface area contributed by atoms with E-state index in [2.05, 4.69) is 10.2 Å². The summed E-state index contributed by atoms with van der Waals surface area (Å²) in [6.45, 7) is 0. The van der Waals surface area contributed by atoms with Crippen molar-refractivity contribution in [3.63, 3.8) is 0 Å². The van der Waals surface area contributed by atoms with Crippen LogP contribution in [-0.2, 0) is 20.5 Å². The SMILES string of the molecule is COc1nn(C)cc1C(=O)N1[C@H]2CCC[C@@H]1c1nn(C)c(-c3cc(F)c(F)c(F)c3)c1C2. The maximum absolute atomic E-state index is 13.9. The van der Waals surface area contributed by atoms with Crippen LogP contribution in [0.25, 0.3) is 11.3 Å². The van der Waals surface area contributed by atoms with E-state index < -0.39 is 17.5 Å². The first-order valence-corrected chi connectivity index (χ1v) is 10.4. The molecule has 0 unspecified atom stereocenters. The number of rotatable bonds is 3. The van der Waals surface area contributed by atoms with Gasteiger partial charge in [0.05, 0.1) is 24.5 Å². The summed E-state index contributed by atoms with van der Waals surface area (Å²) in [6, 6.07) is 1.61. The van der Waals surface area contributed by atoms with Crippen LogP contribution in [0.3, 0.4) is 0 Å². The minimum absolute atomic E-state index is 0.100. The lowest BCUT2D eigenvalue weighted by molar-refractivity contribution is 0.0389. The van der Waals surface area contributed by atoms with Gasteiger partial charge in [-0.15, -0.1) is 5.10 Å². The second-order valence-electron chi connectivity index (χ2n) is 8.33. The number of nitrogens with zero attached hydrogens (tertiary/aromatic N) is 5. The van der Waals surface area contributed by atoms with Crippen LogP contribution in [0.1, 0.15) is 46.9 Å². The number of amides is 1. The number of aromatic nitrogens is 4. The predicted molar refractivity (Wildman–Crippen MR) is 109 cm³/mol. The van der Waals surface area contributed by atoms with Crippen molar-refractivity contribution in [2.24, 2.45) is 14.1 Å². The van der Waals surface area contributed by atoms with Gasteiger partial charge in [0.1, 0.15) is 5.56 Å². The molecule has 0 aliphatic carbocycles. The first kappa shape index (κ1) is 20.6. The van der Waals surface area contributed by atoms with Crippen LogP contribution in [-0.4, -0.2) is 43.5 Å². The molecule has 1 fully saturated rings. The van der Waals surface area contributed by atoms with Crippen molar-refractivity contribution in [3.8, 4) is 17.1 Å². The third kappa shape index (κ3) is 3.00. The van der Waals surface area contributed by atoms with Gasteiger partial charge in [0.2, 0.25) is 5.88 Å². The molecule has 2 aromatic heterocycles. The van der Waals surface area contributed by atoms with Crippen LogP contribution in [0.15, 0.2) is 18.3 Å². The molecule has 4 heterocycles. The number of piperidine rings is 1. The summed E-state index contributed by atoms with van der Waals surface area (Å²) in [5, 5.41) is 8.83. The lowest BCUT2D eigenvalue weighted by Crippen LogP contribution is -2.49. The Morgan fingerprint density at radius 2 is 1.84 bits per heavy atom. The number of methoxy groups -OCH3 is 1. The summed E-state index contributed by atoms with van der Waals surface area (Å²) in [5.74, 6) is -3.90. The van der Waals surface area contributed by atoms with E-state index in [0.29, 0.717) is 23.4 Å². The maximum Gasteiger partial charge on any atom is 0.261 e. The first-order valence-electron chi connectivity index (χ1n) is 10.4. The van der Waals surface area contributed by atoms with Gasteiger partial charge in [0, 0.05) is 37.5 Å². The smallest absolute Gasteiger partial charge is 0.261 e. The van der Waals surface area contributed by atoms with Crippen LogP contribution in [0, 0.1) is 17.5 Å². The highest BCUT2D eigenvalue weighted by Crippen LogP contribution is 2.45. The van der Waals surface area contributed by atoms with E-state index in [4.69, 9.17) is 4.74 Å². The lowest BCUT2D eigenvalue weighted by atomic mass is 9.81. The molecule has 2 aliphatic heterocycles. The summed E-state index contributed by atoms with van der Waals surface area (Å²) in [6.07, 6.45) is 4.59. The van der Waals surface area contributed by atoms with Gasteiger partial charge >= 0.3 is 0 Å². The Morgan fingerprint density at radius 3 is 2.53 bits per heavy atom. The summed E-state index contributed by atoms with van der Waals surface area (Å²) in [5.41, 5.74) is 2.70. The number of hydrogen-bond acceptors (Lipinski definition) is 4. The minimum atomic E-state index is -1.50. The van der Waals surface area contributed by atoms with Crippen molar-refractivity contribution in [2.75, 3.05) is 7.11 Å². The number of benzene rings is 1. The third-order valence-corrected chi connectivity index (χ3v) is 6.39. The lowest BCUT2D eigenvalue weighted by Gasteiger charge is -2.45. The Morgan fingerprint density at radius 1 is 1.12 bits per heavy atom. The minimum Gasteiger partial charge on any atom is -0.479 e. The Kier molecular flexibility index (Phi) is 4.75. The van der Waals surface area contributed by atoms with Crippen molar-refractivity contribution in [1.29, 1.82) is 0 Å². The Balaban J connectivity index is 1.60. The van der Waals surface area contributed by atoms with Gasteiger partial charge in [0.25, 0.3) is 5.91 Å². The molecule has 2 bridgehead atoms. The highest BCUT2D eigenvalue weighted by Gasteiger charge is 2.44. The fourth-order valence-electron chi connectivity index (χ4n) is 5.11. The van der Waals surface area contributed by atoms with Gasteiger partial charge in [-0.3, -0.25) is 14.2 Å². The predicted octanol–water partition coefficient (Wildman–Crippen LogP) is 3.54. The molecule has 1 saturated heterocycles. The number of fused-ring (bicyclic) bond motifs is 4. The van der Waals surface area contributed by atoms with Crippen LogP contribution in [0.5, 0.6) is 5.88 Å². The zero-order valence-corrected chi connectivity index (χ0v) is 17.9. The fraction of sp³-hybridized carbons (Fsp3) is 0.409. The molecule has 7 nitrogen and oxygen atoms in total. The largest absolute Gasteiger partial charge is 0.479 e. The average molecular weight is 445 g/mol. The van der Waals surface area contributed by atoms with E-state index in [0.717, 1.165) is 37.0 Å². The zero-order valence-electron chi connectivity index (χ0n) is 17.9. The summed E-state index contributed by atoms with van der Waals surface area (Å²) in [4.78, 5) is 15.4. The molecule has 3 aromatic rings. The molecule has 0 radical (unpaired) electrons. The number of carbonyl (C=O) groups excluding carboxylic acids is 1. The number of aryl methyl sites for hydroxylation is 2. The molecule has 5 rings (SSSR count). The number of ether oxygens (including phenoxy) is 1. The highest BCUT2D eigenvalue weighted by molar-refractivity contribution is 5.97. The number of hydrogen-bond donors (Lipinski definition) is 0. The molecule has 1 aromatic carbocycles. The monoisotopic (exact) mass is 445 g/mol. The zero-order chi connectivity index (χ0) is 22.7. The van der Waals surface area contributed by atoms with Gasteiger partial charge < -0.3 is 9.64 Å². The van der Waals surface area contributed by atoms with Crippen molar-refractivity contribution >= 4 is 5.91 Å². The van der Waals surface area contributed by atoms with Crippen LogP contribution in [0.4, 0.5) is 13.2 Å². The number of carbonyl (C=O) groups is 1. The molecule has 2 atom stereocenters. The third-order valence-electron chi connectivity index (χ3n) is 6.39. The molecular formula is C22H22F3N5O2. The van der Waals surface area contributed by atoms with E-state index in [9.17, 15) is 18.0 Å². The molecule has 0 saturated carbocycles. The molecule has 1 amide bonds. The summed E-state index contributed by atoms with van der Waals surface area (Å²) >= 11 is 0. The quantitative estimate of drug-likeness (QED) is 0.579. The summed E-state index contributed by atoms with van der Waals surface area (Å²) < 4.78 is 49.8. The summed E-state index contributed by atoms with van der Waals surface area (Å²) in [7, 11) is 4.88. The normalized spacial score (nSPS) is 19.8. The number of halogens is 3. The second kappa shape index (κ2) is 7.39. The van der Waals surface area contributed by atoms with Gasteiger partial charge in [-0.1, -0.05) is 0 Å². The van der Waals surface area contributed by atoms with Crippen LogP contribution >= 0.6 is 0 Å². The topological polar surface area (TPSA) is 65.2 Å². The van der Waals surface area contributed by atoms with E-state index >= 15 is 0 Å². The standard InChI is InChI=1S/C22H22F3N5O2/c1-28-10-14(21(27-28)32-3)22(31)30-12-5-4-6-17(30)19-13(9-12)20(29(2)26-19)11-7-15(23)18(25)16(24)8-11/h7-8,10,12,17H,4-6,9H2,1-3H3/t12-,17+/m0/s1. The Bertz CT molecular complexity index is 1210. The van der Waals surface area contributed by atoms with E-state index in [1.807, 2.05) is 4.90 Å². The van der Waals surface area contributed by atoms with Gasteiger partial charge in [-0.05, 0) is 37.8 Å². The molecule has 0 spiro atoms. The van der Waals surface area contributed by atoms with Crippen LogP contribution < -0.4 is 4.74 Å². The average Bonchev–Trinajstić information content (AvgIpc) is 3.29. The van der Waals surface area contributed by atoms with Gasteiger partial charge in [0.15, 0.2) is 17.5 Å². The van der Waals surface area contributed by atoms with Crippen molar-refractivity contribution < 1.29 is 22.7 Å². The first-order chi connectivity index (χ1) is 15.3. The van der Waals surface area contributed by atoms with Crippen molar-refractivity contribution in [2.45, 2.75) is 37.8 Å². The molecule has 10 heteroatoms. The Labute approximate surface area is 182 Å². The van der Waals surface area contributed by atoms with Crippen molar-refractivity contribution in [3.05, 3.63) is 52.6 Å².